The second-order valence-corrected chi connectivity index (χ2v) is 3.26. The van der Waals surface area contributed by atoms with Crippen LogP contribution in [0.2, 0.25) is 10.0 Å². The highest BCUT2D eigenvalue weighted by Crippen LogP contribution is 2.32. The zero-order valence-electron chi connectivity index (χ0n) is 7.38. The van der Waals surface area contributed by atoms with Crippen molar-refractivity contribution in [3.63, 3.8) is 0 Å². The van der Waals surface area contributed by atoms with Crippen LogP contribution in [0, 0.1) is 0 Å². The van der Waals surface area contributed by atoms with Gasteiger partial charge in [-0.2, -0.15) is 0 Å². The number of esters is 1. The van der Waals surface area contributed by atoms with Gasteiger partial charge in [-0.3, -0.25) is 0 Å². The normalized spacial score (nSPS) is 9.93. The SMILES string of the molecule is CCOC(=O)c1c(O)ccc(Cl)c1Cl. The Morgan fingerprint density at radius 1 is 1.50 bits per heavy atom. The molecule has 0 fully saturated rings. The van der Waals surface area contributed by atoms with Gasteiger partial charge in [-0.05, 0) is 19.1 Å². The van der Waals surface area contributed by atoms with E-state index in [0.717, 1.165) is 0 Å². The standard InChI is InChI=1S/C9H8Cl2O3/c1-2-14-9(13)7-6(12)4-3-5(10)8(7)11/h3-4,12H,2H2,1H3. The Labute approximate surface area is 91.2 Å². The van der Waals surface area contributed by atoms with Gasteiger partial charge in [-0.15, -0.1) is 0 Å². The van der Waals surface area contributed by atoms with Crippen molar-refractivity contribution in [1.82, 2.24) is 0 Å². The fraction of sp³-hybridized carbons (Fsp3) is 0.222. The van der Waals surface area contributed by atoms with Crippen molar-refractivity contribution in [2.75, 3.05) is 6.61 Å². The Hall–Kier alpha value is -0.930. The Bertz CT molecular complexity index is 363. The number of aromatic hydroxyl groups is 1. The number of benzene rings is 1. The average Bonchev–Trinajstić information content (AvgIpc) is 2.13. The van der Waals surface area contributed by atoms with E-state index < -0.39 is 5.97 Å². The van der Waals surface area contributed by atoms with Crippen LogP contribution in [0.5, 0.6) is 5.75 Å². The van der Waals surface area contributed by atoms with Gasteiger partial charge in [0.25, 0.3) is 0 Å². The molecule has 0 saturated heterocycles. The molecule has 0 amide bonds. The van der Waals surface area contributed by atoms with Gasteiger partial charge in [0.15, 0.2) is 0 Å². The van der Waals surface area contributed by atoms with Crippen LogP contribution in [0.3, 0.4) is 0 Å². The molecule has 5 heteroatoms. The van der Waals surface area contributed by atoms with Crippen LogP contribution < -0.4 is 0 Å². The molecule has 0 unspecified atom stereocenters. The van der Waals surface area contributed by atoms with Crippen LogP contribution in [-0.2, 0) is 4.74 Å². The largest absolute Gasteiger partial charge is 0.507 e. The Morgan fingerprint density at radius 3 is 2.71 bits per heavy atom. The van der Waals surface area contributed by atoms with Gasteiger partial charge in [0.1, 0.15) is 11.3 Å². The lowest BCUT2D eigenvalue weighted by Crippen LogP contribution is -2.05. The summed E-state index contributed by atoms with van der Waals surface area (Å²) in [5.74, 6) is -0.921. The molecule has 14 heavy (non-hydrogen) atoms. The van der Waals surface area contributed by atoms with Gasteiger partial charge in [-0.25, -0.2) is 4.79 Å². The molecule has 0 bridgehead atoms. The number of halogens is 2. The summed E-state index contributed by atoms with van der Waals surface area (Å²) in [5, 5.41) is 9.58. The molecular weight excluding hydrogens is 227 g/mol. The minimum atomic E-state index is -0.683. The number of phenolic OH excluding ortho intramolecular Hbond substituents is 1. The number of rotatable bonds is 2. The molecule has 76 valence electrons. The van der Waals surface area contributed by atoms with Crippen LogP contribution in [0.1, 0.15) is 17.3 Å². The fourth-order valence-corrected chi connectivity index (χ4v) is 1.33. The van der Waals surface area contributed by atoms with Crippen molar-refractivity contribution in [3.8, 4) is 5.75 Å². The fourth-order valence-electron chi connectivity index (χ4n) is 0.938. The van der Waals surface area contributed by atoms with Crippen molar-refractivity contribution < 1.29 is 14.6 Å². The Morgan fingerprint density at radius 2 is 2.14 bits per heavy atom. The third-order valence-corrected chi connectivity index (χ3v) is 2.36. The third kappa shape index (κ3) is 2.11. The average molecular weight is 235 g/mol. The minimum Gasteiger partial charge on any atom is -0.507 e. The smallest absolute Gasteiger partial charge is 0.343 e. The lowest BCUT2D eigenvalue weighted by molar-refractivity contribution is 0.0523. The number of carbonyl (C=O) groups is 1. The summed E-state index contributed by atoms with van der Waals surface area (Å²) in [5.41, 5.74) is -0.0963. The zero-order chi connectivity index (χ0) is 10.7. The maximum absolute atomic E-state index is 11.3. The molecule has 3 nitrogen and oxygen atoms in total. The van der Waals surface area contributed by atoms with E-state index >= 15 is 0 Å². The topological polar surface area (TPSA) is 46.5 Å². The summed E-state index contributed by atoms with van der Waals surface area (Å²) in [6.07, 6.45) is 0. The number of hydrogen-bond acceptors (Lipinski definition) is 3. The molecule has 0 aliphatic rings. The minimum absolute atomic E-state index is 0.00474. The highest BCUT2D eigenvalue weighted by atomic mass is 35.5. The van der Waals surface area contributed by atoms with E-state index in [2.05, 4.69) is 0 Å². The number of carbonyl (C=O) groups excluding carboxylic acids is 1. The lowest BCUT2D eigenvalue weighted by atomic mass is 10.2. The van der Waals surface area contributed by atoms with E-state index in [0.29, 0.717) is 0 Å². The summed E-state index contributed by atoms with van der Waals surface area (Å²) >= 11 is 11.4. The van der Waals surface area contributed by atoms with E-state index in [1.54, 1.807) is 6.92 Å². The predicted molar refractivity (Wildman–Crippen MR) is 54.1 cm³/mol. The van der Waals surface area contributed by atoms with Crippen molar-refractivity contribution in [1.29, 1.82) is 0 Å². The van der Waals surface area contributed by atoms with Crippen molar-refractivity contribution in [3.05, 3.63) is 27.7 Å². The van der Waals surface area contributed by atoms with Gasteiger partial charge in [0.2, 0.25) is 0 Å². The zero-order valence-corrected chi connectivity index (χ0v) is 8.89. The molecule has 0 aliphatic heterocycles. The molecule has 0 heterocycles. The molecule has 1 N–H and O–H groups in total. The third-order valence-electron chi connectivity index (χ3n) is 1.55. The molecule has 0 aliphatic carbocycles. The summed E-state index contributed by atoms with van der Waals surface area (Å²) in [7, 11) is 0. The molecule has 0 saturated carbocycles. The van der Waals surface area contributed by atoms with E-state index in [1.807, 2.05) is 0 Å². The summed E-state index contributed by atoms with van der Waals surface area (Å²) in [6, 6.07) is 2.70. The molecule has 0 atom stereocenters. The van der Waals surface area contributed by atoms with Crippen LogP contribution in [-0.4, -0.2) is 17.7 Å². The van der Waals surface area contributed by atoms with Gasteiger partial charge < -0.3 is 9.84 Å². The first-order valence-corrected chi connectivity index (χ1v) is 4.67. The van der Waals surface area contributed by atoms with Crippen molar-refractivity contribution in [2.24, 2.45) is 0 Å². The van der Waals surface area contributed by atoms with Crippen LogP contribution in [0.25, 0.3) is 0 Å². The maximum atomic E-state index is 11.3. The highest BCUT2D eigenvalue weighted by Gasteiger charge is 2.18. The van der Waals surface area contributed by atoms with Gasteiger partial charge in [-0.1, -0.05) is 23.2 Å². The van der Waals surface area contributed by atoms with E-state index in [1.165, 1.54) is 12.1 Å². The van der Waals surface area contributed by atoms with Crippen LogP contribution in [0.4, 0.5) is 0 Å². The van der Waals surface area contributed by atoms with E-state index in [4.69, 9.17) is 27.9 Å². The second kappa shape index (κ2) is 4.53. The highest BCUT2D eigenvalue weighted by molar-refractivity contribution is 6.44. The molecule has 1 rings (SSSR count). The number of phenols is 1. The molecule has 0 aromatic heterocycles. The first kappa shape index (κ1) is 11.1. The summed E-state index contributed by atoms with van der Waals surface area (Å²) in [6.45, 7) is 1.87. The Balaban J connectivity index is 3.18. The Kier molecular flexibility index (Phi) is 3.61. The monoisotopic (exact) mass is 234 g/mol. The van der Waals surface area contributed by atoms with Crippen LogP contribution in [0.15, 0.2) is 12.1 Å². The quantitative estimate of drug-likeness (QED) is 0.801. The van der Waals surface area contributed by atoms with Gasteiger partial charge in [0, 0.05) is 0 Å². The second-order valence-electron chi connectivity index (χ2n) is 2.48. The van der Waals surface area contributed by atoms with Gasteiger partial charge in [0.05, 0.1) is 16.7 Å². The molecule has 1 aromatic carbocycles. The number of ether oxygens (including phenoxy) is 1. The molecule has 0 spiro atoms. The first-order chi connectivity index (χ1) is 6.57. The van der Waals surface area contributed by atoms with Crippen molar-refractivity contribution >= 4 is 29.2 Å². The molecule has 1 aromatic rings. The van der Waals surface area contributed by atoms with E-state index in [-0.39, 0.29) is 28.0 Å². The lowest BCUT2D eigenvalue weighted by Gasteiger charge is -2.06. The summed E-state index contributed by atoms with van der Waals surface area (Å²) in [4.78, 5) is 11.3. The predicted octanol–water partition coefficient (Wildman–Crippen LogP) is 2.88. The van der Waals surface area contributed by atoms with Crippen LogP contribution >= 0.6 is 23.2 Å². The van der Waals surface area contributed by atoms with Gasteiger partial charge >= 0.3 is 5.97 Å². The summed E-state index contributed by atoms with van der Waals surface area (Å²) < 4.78 is 4.70. The van der Waals surface area contributed by atoms with Crippen molar-refractivity contribution in [2.45, 2.75) is 6.92 Å². The van der Waals surface area contributed by atoms with E-state index in [9.17, 15) is 9.90 Å². The number of hydrogen-bond donors (Lipinski definition) is 1. The molecule has 0 radical (unpaired) electrons. The molecular formula is C9H8Cl2O3. The maximum Gasteiger partial charge on any atom is 0.343 e. The first-order valence-electron chi connectivity index (χ1n) is 3.92.